The molecule has 0 aliphatic rings. The van der Waals surface area contributed by atoms with Gasteiger partial charge in [0.25, 0.3) is 5.69 Å². The fraction of sp³-hybridized carbons (Fsp3) is 0. The number of nitrogens with one attached hydrogen (secondary N) is 1. The summed E-state index contributed by atoms with van der Waals surface area (Å²) < 4.78 is 0. The van der Waals surface area contributed by atoms with E-state index in [-0.39, 0.29) is 5.69 Å². The van der Waals surface area contributed by atoms with Crippen LogP contribution in [0.15, 0.2) is 59.5 Å². The average molecular weight is 294 g/mol. The second kappa shape index (κ2) is 5.57. The molecule has 0 atom stereocenters. The largest absolute Gasteiger partial charge is 0.346 e. The van der Waals surface area contributed by atoms with Gasteiger partial charge in [-0.15, -0.1) is 0 Å². The third-order valence-corrected chi connectivity index (χ3v) is 3.04. The highest BCUT2D eigenvalue weighted by molar-refractivity contribution is 5.67. The maximum Gasteiger partial charge on any atom is 0.346 e. The highest BCUT2D eigenvalue weighted by Crippen LogP contribution is 2.23. The van der Waals surface area contributed by atoms with E-state index in [0.29, 0.717) is 22.6 Å². The Hall–Kier alpha value is -3.35. The van der Waals surface area contributed by atoms with Gasteiger partial charge in [0, 0.05) is 23.9 Å². The quantitative estimate of drug-likeness (QED) is 0.590. The fourth-order valence-corrected chi connectivity index (χ4v) is 2.04. The summed E-state index contributed by atoms with van der Waals surface area (Å²) >= 11 is 0. The Morgan fingerprint density at radius 1 is 1.05 bits per heavy atom. The Bertz CT molecular complexity index is 891. The van der Waals surface area contributed by atoms with Crippen LogP contribution in [-0.4, -0.2) is 19.9 Å². The van der Waals surface area contributed by atoms with Gasteiger partial charge in [-0.25, -0.2) is 4.79 Å². The molecule has 108 valence electrons. The molecule has 0 spiro atoms. The molecule has 0 aliphatic heterocycles. The Morgan fingerprint density at radius 3 is 2.64 bits per heavy atom. The fourth-order valence-electron chi connectivity index (χ4n) is 2.04. The number of hydrogen-bond acceptors (Lipinski definition) is 5. The van der Waals surface area contributed by atoms with Crippen LogP contribution in [0.4, 0.5) is 5.69 Å². The first kappa shape index (κ1) is 13.6. The summed E-state index contributed by atoms with van der Waals surface area (Å²) in [7, 11) is 0. The smallest absolute Gasteiger partial charge is 0.304 e. The Labute approximate surface area is 124 Å². The Balaban J connectivity index is 2.13. The zero-order valence-electron chi connectivity index (χ0n) is 11.3. The second-order valence-electron chi connectivity index (χ2n) is 4.51. The molecule has 0 unspecified atom stereocenters. The predicted octanol–water partition coefficient (Wildman–Crippen LogP) is 2.41. The first-order valence-electron chi connectivity index (χ1n) is 6.41. The maximum absolute atomic E-state index is 11.7. The lowest BCUT2D eigenvalue weighted by atomic mass is 10.1. The van der Waals surface area contributed by atoms with Crippen LogP contribution in [0.2, 0.25) is 0 Å². The van der Waals surface area contributed by atoms with Crippen molar-refractivity contribution in [2.24, 2.45) is 0 Å². The van der Waals surface area contributed by atoms with E-state index < -0.39 is 10.6 Å². The number of aromatic nitrogens is 3. The molecule has 0 radical (unpaired) electrons. The lowest BCUT2D eigenvalue weighted by molar-refractivity contribution is -0.384. The molecule has 0 aliphatic carbocycles. The molecule has 22 heavy (non-hydrogen) atoms. The van der Waals surface area contributed by atoms with Crippen molar-refractivity contribution in [3.8, 4) is 22.6 Å². The third kappa shape index (κ3) is 2.73. The van der Waals surface area contributed by atoms with E-state index in [2.05, 4.69) is 15.0 Å². The molecular weight excluding hydrogens is 284 g/mol. The van der Waals surface area contributed by atoms with E-state index in [0.717, 1.165) is 0 Å². The van der Waals surface area contributed by atoms with Crippen LogP contribution in [0, 0.1) is 10.1 Å². The molecular formula is C15H10N4O3. The number of non-ortho nitro benzene ring substituents is 1. The standard InChI is InChI=1S/C15H10N4O3/c20-15-17-13(10-4-3-5-11(8-10)19(21)22)9-14(18-15)12-6-1-2-7-16-12/h1-9H,(H,17,18,20). The van der Waals surface area contributed by atoms with Crippen molar-refractivity contribution in [2.75, 3.05) is 0 Å². The number of H-pyrrole nitrogens is 1. The average Bonchev–Trinajstić information content (AvgIpc) is 2.55. The van der Waals surface area contributed by atoms with Crippen molar-refractivity contribution < 1.29 is 4.92 Å². The molecule has 1 N–H and O–H groups in total. The molecule has 0 saturated carbocycles. The van der Waals surface area contributed by atoms with E-state index in [4.69, 9.17) is 0 Å². The van der Waals surface area contributed by atoms with Gasteiger partial charge in [0.1, 0.15) is 0 Å². The number of nitro groups is 1. The van der Waals surface area contributed by atoms with Gasteiger partial charge in [-0.1, -0.05) is 18.2 Å². The van der Waals surface area contributed by atoms with Crippen LogP contribution in [0.1, 0.15) is 0 Å². The van der Waals surface area contributed by atoms with Crippen LogP contribution in [0.25, 0.3) is 22.6 Å². The summed E-state index contributed by atoms with van der Waals surface area (Å²) in [6.07, 6.45) is 1.61. The van der Waals surface area contributed by atoms with Crippen LogP contribution in [-0.2, 0) is 0 Å². The van der Waals surface area contributed by atoms with Gasteiger partial charge in [0.15, 0.2) is 0 Å². The molecule has 0 bridgehead atoms. The number of pyridine rings is 1. The SMILES string of the molecule is O=c1nc(-c2cccc([N+](=O)[O-])c2)cc(-c2ccccn2)[nH]1. The van der Waals surface area contributed by atoms with Crippen molar-refractivity contribution in [2.45, 2.75) is 0 Å². The van der Waals surface area contributed by atoms with Gasteiger partial charge >= 0.3 is 5.69 Å². The topological polar surface area (TPSA) is 102 Å². The van der Waals surface area contributed by atoms with Gasteiger partial charge < -0.3 is 4.98 Å². The number of benzene rings is 1. The molecule has 2 heterocycles. The third-order valence-electron chi connectivity index (χ3n) is 3.04. The number of rotatable bonds is 3. The molecule has 2 aromatic heterocycles. The number of nitrogens with zero attached hydrogens (tertiary/aromatic N) is 3. The summed E-state index contributed by atoms with van der Waals surface area (Å²) in [5.74, 6) is 0. The summed E-state index contributed by atoms with van der Waals surface area (Å²) in [4.78, 5) is 32.7. The molecule has 1 aromatic carbocycles. The summed E-state index contributed by atoms with van der Waals surface area (Å²) in [5, 5.41) is 10.8. The van der Waals surface area contributed by atoms with Crippen molar-refractivity contribution in [1.82, 2.24) is 15.0 Å². The predicted molar refractivity (Wildman–Crippen MR) is 80.2 cm³/mol. The molecule has 3 rings (SSSR count). The van der Waals surface area contributed by atoms with E-state index in [1.54, 1.807) is 42.6 Å². The van der Waals surface area contributed by atoms with Gasteiger partial charge in [0.2, 0.25) is 0 Å². The number of aromatic amines is 1. The minimum absolute atomic E-state index is 0.0565. The number of hydrogen-bond donors (Lipinski definition) is 1. The van der Waals surface area contributed by atoms with Gasteiger partial charge in [-0.05, 0) is 18.2 Å². The van der Waals surface area contributed by atoms with Crippen molar-refractivity contribution in [1.29, 1.82) is 0 Å². The molecule has 0 fully saturated rings. The van der Waals surface area contributed by atoms with Crippen LogP contribution in [0.5, 0.6) is 0 Å². The molecule has 7 heteroatoms. The van der Waals surface area contributed by atoms with E-state index in [9.17, 15) is 14.9 Å². The van der Waals surface area contributed by atoms with Gasteiger partial charge in [-0.3, -0.25) is 15.1 Å². The normalized spacial score (nSPS) is 10.4. The Kier molecular flexibility index (Phi) is 3.45. The molecule has 0 amide bonds. The molecule has 0 saturated heterocycles. The zero-order valence-corrected chi connectivity index (χ0v) is 11.3. The first-order valence-corrected chi connectivity index (χ1v) is 6.41. The molecule has 3 aromatic rings. The maximum atomic E-state index is 11.7. The summed E-state index contributed by atoms with van der Waals surface area (Å²) in [5.41, 5.74) is 1.35. The van der Waals surface area contributed by atoms with Crippen LogP contribution >= 0.6 is 0 Å². The molecule has 7 nitrogen and oxygen atoms in total. The minimum atomic E-state index is -0.537. The summed E-state index contributed by atoms with van der Waals surface area (Å²) in [6, 6.07) is 12.9. The second-order valence-corrected chi connectivity index (χ2v) is 4.51. The monoisotopic (exact) mass is 294 g/mol. The number of nitro benzene ring substituents is 1. The van der Waals surface area contributed by atoms with Gasteiger partial charge in [0.05, 0.1) is 22.0 Å². The van der Waals surface area contributed by atoms with Crippen molar-refractivity contribution in [3.63, 3.8) is 0 Å². The van der Waals surface area contributed by atoms with Crippen molar-refractivity contribution >= 4 is 5.69 Å². The lowest BCUT2D eigenvalue weighted by Crippen LogP contribution is -2.12. The van der Waals surface area contributed by atoms with E-state index in [1.807, 2.05) is 0 Å². The van der Waals surface area contributed by atoms with Crippen LogP contribution in [0.3, 0.4) is 0 Å². The van der Waals surface area contributed by atoms with E-state index in [1.165, 1.54) is 12.1 Å². The van der Waals surface area contributed by atoms with Crippen molar-refractivity contribution in [3.05, 3.63) is 75.3 Å². The Morgan fingerprint density at radius 2 is 1.91 bits per heavy atom. The lowest BCUT2D eigenvalue weighted by Gasteiger charge is -2.04. The summed E-state index contributed by atoms with van der Waals surface area (Å²) in [6.45, 7) is 0. The first-order chi connectivity index (χ1) is 10.6. The van der Waals surface area contributed by atoms with E-state index >= 15 is 0 Å². The highest BCUT2D eigenvalue weighted by Gasteiger charge is 2.10. The van der Waals surface area contributed by atoms with Gasteiger partial charge in [-0.2, -0.15) is 4.98 Å². The zero-order chi connectivity index (χ0) is 15.5. The van der Waals surface area contributed by atoms with Crippen LogP contribution < -0.4 is 5.69 Å². The highest BCUT2D eigenvalue weighted by atomic mass is 16.6. The minimum Gasteiger partial charge on any atom is -0.304 e.